The number of hydrogen-bond donors (Lipinski definition) is 1. The van der Waals surface area contributed by atoms with E-state index in [0.717, 1.165) is 17.9 Å². The van der Waals surface area contributed by atoms with Crippen molar-refractivity contribution in [2.75, 3.05) is 0 Å². The Labute approximate surface area is 133 Å². The summed E-state index contributed by atoms with van der Waals surface area (Å²) in [5, 5.41) is 3.14. The van der Waals surface area contributed by atoms with E-state index in [0.29, 0.717) is 6.04 Å². The van der Waals surface area contributed by atoms with E-state index >= 15 is 0 Å². The third-order valence-electron chi connectivity index (χ3n) is 4.80. The molecule has 4 heteroatoms. The van der Waals surface area contributed by atoms with Crippen molar-refractivity contribution in [1.29, 1.82) is 0 Å². The minimum Gasteiger partial charge on any atom is -0.369 e. The maximum absolute atomic E-state index is 11.3. The Kier molecular flexibility index (Phi) is 2.95. The summed E-state index contributed by atoms with van der Waals surface area (Å²) in [6.45, 7) is 2.10. The van der Waals surface area contributed by atoms with Crippen molar-refractivity contribution in [3.05, 3.63) is 47.0 Å². The Balaban J connectivity index is 1.94. The summed E-state index contributed by atoms with van der Waals surface area (Å²) < 4.78 is 2.35. The van der Waals surface area contributed by atoms with E-state index in [2.05, 4.69) is 35.8 Å². The maximum atomic E-state index is 11.3. The molecular formula is C18H17ClN2O. The van der Waals surface area contributed by atoms with E-state index in [1.165, 1.54) is 27.4 Å². The highest BCUT2D eigenvalue weighted by atomic mass is 35.5. The van der Waals surface area contributed by atoms with Crippen LogP contribution in [0, 0.1) is 12.8 Å². The second-order valence-corrected chi connectivity index (χ2v) is 6.71. The number of carbonyl (C=O) groups is 1. The molecule has 0 spiro atoms. The normalized spacial score (nSPS) is 21.2. The maximum Gasteiger partial charge on any atom is 0.220 e. The van der Waals surface area contributed by atoms with Gasteiger partial charge in [0.25, 0.3) is 0 Å². The first kappa shape index (κ1) is 13.6. The summed E-state index contributed by atoms with van der Waals surface area (Å²) in [4.78, 5) is 11.3. The molecule has 0 atom stereocenters. The molecule has 0 aliphatic heterocycles. The van der Waals surface area contributed by atoms with E-state index in [1.807, 2.05) is 12.1 Å². The van der Waals surface area contributed by atoms with Crippen molar-refractivity contribution >= 4 is 39.3 Å². The molecule has 3 aromatic rings. The minimum absolute atomic E-state index is 0.00949. The first-order chi connectivity index (χ1) is 10.5. The summed E-state index contributed by atoms with van der Waals surface area (Å²) in [5.41, 5.74) is 9.03. The number of nitrogens with two attached hydrogens (primary N) is 1. The summed E-state index contributed by atoms with van der Waals surface area (Å²) in [7, 11) is 0. The van der Waals surface area contributed by atoms with Crippen molar-refractivity contribution in [1.82, 2.24) is 4.57 Å². The van der Waals surface area contributed by atoms with Gasteiger partial charge in [0.15, 0.2) is 0 Å². The van der Waals surface area contributed by atoms with Crippen molar-refractivity contribution in [3.8, 4) is 0 Å². The van der Waals surface area contributed by atoms with Crippen LogP contribution in [0.2, 0.25) is 5.02 Å². The number of halogens is 1. The molecule has 0 bridgehead atoms. The molecule has 1 saturated carbocycles. The van der Waals surface area contributed by atoms with Crippen LogP contribution >= 0.6 is 11.6 Å². The summed E-state index contributed by atoms with van der Waals surface area (Å²) in [6, 6.07) is 12.9. The molecule has 0 saturated heterocycles. The zero-order chi connectivity index (χ0) is 15.4. The van der Waals surface area contributed by atoms with Crippen molar-refractivity contribution < 1.29 is 4.79 Å². The number of benzene rings is 2. The van der Waals surface area contributed by atoms with Gasteiger partial charge in [0, 0.05) is 38.8 Å². The lowest BCUT2D eigenvalue weighted by Gasteiger charge is -2.35. The standard InChI is InChI=1S/C18H17ClN2O/c1-10-2-4-16-14(6-10)15-9-12(19)3-5-17(15)21(16)13-7-11(8-13)18(20)22/h2-6,9,11,13H,7-8H2,1H3,(H2,20,22)/t11-,13-. The third-order valence-corrected chi connectivity index (χ3v) is 5.04. The van der Waals surface area contributed by atoms with Gasteiger partial charge in [0.05, 0.1) is 0 Å². The van der Waals surface area contributed by atoms with Crippen LogP contribution < -0.4 is 5.73 Å². The lowest BCUT2D eigenvalue weighted by atomic mass is 9.79. The molecule has 1 aliphatic rings. The van der Waals surface area contributed by atoms with Gasteiger partial charge in [-0.1, -0.05) is 23.2 Å². The third kappa shape index (κ3) is 1.92. The number of rotatable bonds is 2. The van der Waals surface area contributed by atoms with Crippen LogP contribution in [0.25, 0.3) is 21.8 Å². The highest BCUT2D eigenvalue weighted by molar-refractivity contribution is 6.31. The monoisotopic (exact) mass is 312 g/mol. The van der Waals surface area contributed by atoms with Crippen molar-refractivity contribution in [2.45, 2.75) is 25.8 Å². The fourth-order valence-electron chi connectivity index (χ4n) is 3.56. The molecule has 1 fully saturated rings. The van der Waals surface area contributed by atoms with E-state index in [4.69, 9.17) is 17.3 Å². The Bertz CT molecular complexity index is 847. The van der Waals surface area contributed by atoms with Crippen LogP contribution in [0.15, 0.2) is 36.4 Å². The quantitative estimate of drug-likeness (QED) is 0.757. The summed E-state index contributed by atoms with van der Waals surface area (Å²) >= 11 is 6.19. The zero-order valence-electron chi connectivity index (χ0n) is 12.3. The van der Waals surface area contributed by atoms with Gasteiger partial charge in [-0.15, -0.1) is 0 Å². The number of primary amides is 1. The van der Waals surface area contributed by atoms with Gasteiger partial charge in [-0.3, -0.25) is 4.79 Å². The highest BCUT2D eigenvalue weighted by Crippen LogP contribution is 2.43. The van der Waals surface area contributed by atoms with Gasteiger partial charge in [0.1, 0.15) is 0 Å². The fourth-order valence-corrected chi connectivity index (χ4v) is 3.74. The second-order valence-electron chi connectivity index (χ2n) is 6.28. The van der Waals surface area contributed by atoms with Gasteiger partial charge in [-0.05, 0) is 50.1 Å². The molecule has 22 heavy (non-hydrogen) atoms. The summed E-state index contributed by atoms with van der Waals surface area (Å²) in [5.74, 6) is -0.175. The minimum atomic E-state index is -0.184. The fraction of sp³-hybridized carbons (Fsp3) is 0.278. The smallest absolute Gasteiger partial charge is 0.220 e. The average molecular weight is 313 g/mol. The predicted molar refractivity (Wildman–Crippen MR) is 90.1 cm³/mol. The van der Waals surface area contributed by atoms with Crippen molar-refractivity contribution in [3.63, 3.8) is 0 Å². The van der Waals surface area contributed by atoms with Crippen LogP contribution in [0.3, 0.4) is 0 Å². The zero-order valence-corrected chi connectivity index (χ0v) is 13.1. The highest BCUT2D eigenvalue weighted by Gasteiger charge is 2.35. The average Bonchev–Trinajstić information content (AvgIpc) is 2.71. The first-order valence-electron chi connectivity index (χ1n) is 7.53. The van der Waals surface area contributed by atoms with Crippen LogP contribution in [-0.2, 0) is 4.79 Å². The van der Waals surface area contributed by atoms with E-state index in [9.17, 15) is 4.79 Å². The van der Waals surface area contributed by atoms with Crippen molar-refractivity contribution in [2.24, 2.45) is 11.7 Å². The molecule has 4 rings (SSSR count). The predicted octanol–water partition coefficient (Wildman–Crippen LogP) is 4.19. The van der Waals surface area contributed by atoms with Crippen LogP contribution in [0.4, 0.5) is 0 Å². The number of aromatic nitrogens is 1. The van der Waals surface area contributed by atoms with E-state index < -0.39 is 0 Å². The van der Waals surface area contributed by atoms with Crippen LogP contribution in [-0.4, -0.2) is 10.5 Å². The van der Waals surface area contributed by atoms with Gasteiger partial charge >= 0.3 is 0 Å². The lowest BCUT2D eigenvalue weighted by molar-refractivity contribution is -0.125. The molecule has 0 radical (unpaired) electrons. The topological polar surface area (TPSA) is 48.0 Å². The van der Waals surface area contributed by atoms with E-state index in [1.54, 1.807) is 0 Å². The molecule has 1 heterocycles. The number of hydrogen-bond acceptors (Lipinski definition) is 1. The molecule has 3 nitrogen and oxygen atoms in total. The van der Waals surface area contributed by atoms with Crippen LogP contribution in [0.1, 0.15) is 24.4 Å². The largest absolute Gasteiger partial charge is 0.369 e. The number of aryl methyl sites for hydroxylation is 1. The summed E-state index contributed by atoms with van der Waals surface area (Å²) in [6.07, 6.45) is 1.65. The Morgan fingerprint density at radius 3 is 2.45 bits per heavy atom. The molecule has 1 amide bonds. The number of carbonyl (C=O) groups excluding carboxylic acids is 1. The van der Waals surface area contributed by atoms with Gasteiger partial charge < -0.3 is 10.3 Å². The lowest BCUT2D eigenvalue weighted by Crippen LogP contribution is -2.36. The number of nitrogens with zero attached hydrogens (tertiary/aromatic N) is 1. The second kappa shape index (κ2) is 4.75. The molecule has 1 aliphatic carbocycles. The van der Waals surface area contributed by atoms with E-state index in [-0.39, 0.29) is 11.8 Å². The molecule has 2 aromatic carbocycles. The Morgan fingerprint density at radius 1 is 1.14 bits per heavy atom. The SMILES string of the molecule is Cc1ccc2c(c1)c1cc(Cl)ccc1n2[C@H]1C[C@H](C(N)=O)C1. The molecule has 0 unspecified atom stereocenters. The first-order valence-corrected chi connectivity index (χ1v) is 7.91. The number of fused-ring (bicyclic) bond motifs is 3. The number of amides is 1. The molecular weight excluding hydrogens is 296 g/mol. The van der Waals surface area contributed by atoms with Gasteiger partial charge in [-0.25, -0.2) is 0 Å². The van der Waals surface area contributed by atoms with Crippen LogP contribution in [0.5, 0.6) is 0 Å². The molecule has 112 valence electrons. The molecule has 2 N–H and O–H groups in total. The molecule has 1 aromatic heterocycles. The Morgan fingerprint density at radius 2 is 1.77 bits per heavy atom. The van der Waals surface area contributed by atoms with Gasteiger partial charge in [0.2, 0.25) is 5.91 Å². The Hall–Kier alpha value is -2.00. The van der Waals surface area contributed by atoms with Gasteiger partial charge in [-0.2, -0.15) is 0 Å².